The van der Waals surface area contributed by atoms with Gasteiger partial charge in [0, 0.05) is 22.1 Å². The number of benzene rings is 10. The Balaban J connectivity index is 1.08. The molecule has 0 atom stereocenters. The van der Waals surface area contributed by atoms with Gasteiger partial charge in [0.25, 0.3) is 0 Å². The summed E-state index contributed by atoms with van der Waals surface area (Å²) in [4.78, 5) is 2.39. The average Bonchev–Trinajstić information content (AvgIpc) is 4.00. The van der Waals surface area contributed by atoms with Crippen LogP contribution in [0.3, 0.4) is 0 Å². The lowest BCUT2D eigenvalue weighted by Crippen LogP contribution is -2.25. The van der Waals surface area contributed by atoms with Gasteiger partial charge in [-0.3, -0.25) is 0 Å². The number of fused-ring (bicyclic) bond motifs is 14. The second kappa shape index (κ2) is 13.9. The van der Waals surface area contributed by atoms with Crippen molar-refractivity contribution in [3.63, 3.8) is 0 Å². The first-order chi connectivity index (χ1) is 31.3. The largest absolute Gasteiger partial charge is 0.454 e. The maximum absolute atomic E-state index is 7.22. The molecule has 294 valence electrons. The molecule has 0 bridgehead atoms. The van der Waals surface area contributed by atoms with E-state index >= 15 is 0 Å². The molecule has 0 aliphatic heterocycles. The lowest BCUT2D eigenvalue weighted by molar-refractivity contribution is 0.668. The van der Waals surface area contributed by atoms with Gasteiger partial charge in [-0.2, -0.15) is 0 Å². The van der Waals surface area contributed by atoms with Crippen LogP contribution in [0.5, 0.6) is 0 Å². The highest BCUT2D eigenvalue weighted by Gasteiger charge is 2.52. The number of hydrogen-bond acceptors (Lipinski definition) is 2. The van der Waals surface area contributed by atoms with Crippen LogP contribution < -0.4 is 4.90 Å². The van der Waals surface area contributed by atoms with E-state index in [1.165, 1.54) is 55.6 Å². The van der Waals surface area contributed by atoms with Gasteiger partial charge in [0.15, 0.2) is 5.58 Å². The molecule has 0 amide bonds. The Bertz CT molecular complexity index is 3450. The molecule has 0 N–H and O–H groups in total. The summed E-state index contributed by atoms with van der Waals surface area (Å²) < 4.78 is 7.22. The first-order valence-corrected chi connectivity index (χ1v) is 21.8. The molecule has 2 nitrogen and oxygen atoms in total. The Morgan fingerprint density at radius 3 is 1.41 bits per heavy atom. The smallest absolute Gasteiger partial charge is 0.159 e. The zero-order valence-electron chi connectivity index (χ0n) is 34.4. The monoisotopic (exact) mass is 801 g/mol. The third-order valence-electron chi connectivity index (χ3n) is 13.5. The number of hydrogen-bond donors (Lipinski definition) is 0. The van der Waals surface area contributed by atoms with E-state index in [1.54, 1.807) is 0 Å². The van der Waals surface area contributed by atoms with Gasteiger partial charge in [0.2, 0.25) is 0 Å². The van der Waals surface area contributed by atoms with E-state index in [-0.39, 0.29) is 0 Å². The van der Waals surface area contributed by atoms with Crippen molar-refractivity contribution in [2.45, 2.75) is 5.41 Å². The highest BCUT2D eigenvalue weighted by Crippen LogP contribution is 2.64. The van der Waals surface area contributed by atoms with E-state index in [4.69, 9.17) is 4.42 Å². The van der Waals surface area contributed by atoms with Crippen LogP contribution in [0.4, 0.5) is 17.1 Å². The third kappa shape index (κ3) is 5.25. The first kappa shape index (κ1) is 35.5. The zero-order valence-corrected chi connectivity index (χ0v) is 34.4. The summed E-state index contributed by atoms with van der Waals surface area (Å²) in [7, 11) is 0. The summed E-state index contributed by atoms with van der Waals surface area (Å²) in [5.74, 6) is 0. The fraction of sp³-hybridized carbons (Fsp3) is 0.0164. The molecule has 1 heterocycles. The van der Waals surface area contributed by atoms with Crippen molar-refractivity contribution in [1.82, 2.24) is 0 Å². The number of rotatable bonds is 6. The SMILES string of the molecule is c1ccc(-c2ccc(N(c3cc(-c4ccccc4)cc(-c4ccccc4)c3)c3cccc4c3oc3ccc5c(c34)-c3ccccc3C53c4ccccc4-c4ccccc43)cc2)cc1. The van der Waals surface area contributed by atoms with E-state index in [1.807, 2.05) is 0 Å². The van der Waals surface area contributed by atoms with Crippen LogP contribution in [-0.2, 0) is 5.41 Å². The molecule has 11 aromatic rings. The summed E-state index contributed by atoms with van der Waals surface area (Å²) in [6.07, 6.45) is 0. The molecule has 10 aromatic carbocycles. The van der Waals surface area contributed by atoms with Crippen molar-refractivity contribution < 1.29 is 4.42 Å². The van der Waals surface area contributed by atoms with Crippen molar-refractivity contribution in [3.05, 3.63) is 259 Å². The van der Waals surface area contributed by atoms with Crippen molar-refractivity contribution in [2.24, 2.45) is 0 Å². The van der Waals surface area contributed by atoms with Crippen molar-refractivity contribution in [1.29, 1.82) is 0 Å². The van der Waals surface area contributed by atoms with Crippen molar-refractivity contribution >= 4 is 39.0 Å². The van der Waals surface area contributed by atoms with Gasteiger partial charge in [0.1, 0.15) is 5.58 Å². The molecule has 2 aliphatic carbocycles. The Kier molecular flexibility index (Phi) is 7.85. The van der Waals surface area contributed by atoms with Crippen LogP contribution in [-0.4, -0.2) is 0 Å². The highest BCUT2D eigenvalue weighted by atomic mass is 16.3. The molecular formula is C61H39NO. The highest BCUT2D eigenvalue weighted by molar-refractivity contribution is 6.18. The normalized spacial score (nSPS) is 12.9. The molecule has 2 heteroatoms. The van der Waals surface area contributed by atoms with E-state index in [0.29, 0.717) is 0 Å². The van der Waals surface area contributed by atoms with Gasteiger partial charge >= 0.3 is 0 Å². The summed E-state index contributed by atoms with van der Waals surface area (Å²) in [6, 6.07) is 86.2. The second-order valence-corrected chi connectivity index (χ2v) is 16.8. The lowest BCUT2D eigenvalue weighted by Gasteiger charge is -2.30. The molecule has 0 unspecified atom stereocenters. The number of para-hydroxylation sites is 1. The van der Waals surface area contributed by atoms with Gasteiger partial charge in [-0.25, -0.2) is 0 Å². The van der Waals surface area contributed by atoms with E-state index in [2.05, 4.69) is 241 Å². The summed E-state index contributed by atoms with van der Waals surface area (Å²) in [5.41, 5.74) is 21.7. The van der Waals surface area contributed by atoms with Gasteiger partial charge in [-0.15, -0.1) is 0 Å². The molecule has 0 radical (unpaired) electrons. The first-order valence-electron chi connectivity index (χ1n) is 21.8. The lowest BCUT2D eigenvalue weighted by atomic mass is 9.70. The molecule has 0 fully saturated rings. The minimum absolute atomic E-state index is 0.438. The molecule has 0 saturated heterocycles. The topological polar surface area (TPSA) is 16.4 Å². The molecule has 1 spiro atoms. The quantitative estimate of drug-likeness (QED) is 0.167. The second-order valence-electron chi connectivity index (χ2n) is 16.8. The van der Waals surface area contributed by atoms with Gasteiger partial charge < -0.3 is 9.32 Å². The van der Waals surface area contributed by atoms with Gasteiger partial charge in [-0.05, 0) is 120 Å². The fourth-order valence-electron chi connectivity index (χ4n) is 10.8. The van der Waals surface area contributed by atoms with Crippen molar-refractivity contribution in [2.75, 3.05) is 4.90 Å². The van der Waals surface area contributed by atoms with E-state index in [9.17, 15) is 0 Å². The van der Waals surface area contributed by atoms with Gasteiger partial charge in [0.05, 0.1) is 11.1 Å². The summed E-state index contributed by atoms with van der Waals surface area (Å²) in [5, 5.41) is 2.25. The standard InChI is InChI=1S/C61H39NO/c1-4-17-40(18-5-1)43-31-33-46(34-32-43)62(47-38-44(41-19-6-2-7-20-41)37-45(39-47)42-21-8-3-9-22-42)56-30-16-26-51-59-57(63-60(51)56)36-35-55-58(59)50-25-12-15-29-54(50)61(55)52-27-13-10-23-48(52)49-24-11-14-28-53(49)61/h1-39H. The predicted octanol–water partition coefficient (Wildman–Crippen LogP) is 16.4. The Hall–Kier alpha value is -8.20. The minimum atomic E-state index is -0.438. The van der Waals surface area contributed by atoms with E-state index < -0.39 is 5.41 Å². The maximum atomic E-state index is 7.22. The zero-order chi connectivity index (χ0) is 41.5. The van der Waals surface area contributed by atoms with Crippen molar-refractivity contribution in [3.8, 4) is 55.6 Å². The Labute approximate surface area is 366 Å². The van der Waals surface area contributed by atoms with Crippen LogP contribution in [0.1, 0.15) is 22.3 Å². The number of furan rings is 1. The third-order valence-corrected chi connectivity index (χ3v) is 13.5. The van der Waals surface area contributed by atoms with Gasteiger partial charge in [-0.1, -0.05) is 194 Å². The predicted molar refractivity (Wildman–Crippen MR) is 261 cm³/mol. The van der Waals surface area contributed by atoms with Crippen LogP contribution >= 0.6 is 0 Å². The fourth-order valence-corrected chi connectivity index (χ4v) is 10.8. The molecular weight excluding hydrogens is 763 g/mol. The Morgan fingerprint density at radius 1 is 0.333 bits per heavy atom. The number of nitrogens with zero attached hydrogens (tertiary/aromatic N) is 1. The summed E-state index contributed by atoms with van der Waals surface area (Å²) >= 11 is 0. The molecule has 2 aliphatic rings. The number of anilines is 3. The Morgan fingerprint density at radius 2 is 0.825 bits per heavy atom. The van der Waals surface area contributed by atoms with Crippen LogP contribution in [0.15, 0.2) is 241 Å². The molecule has 1 aromatic heterocycles. The maximum Gasteiger partial charge on any atom is 0.159 e. The summed E-state index contributed by atoms with van der Waals surface area (Å²) in [6.45, 7) is 0. The van der Waals surface area contributed by atoms with E-state index in [0.717, 1.165) is 61.3 Å². The average molecular weight is 802 g/mol. The van der Waals surface area contributed by atoms with Crippen LogP contribution in [0, 0.1) is 0 Å². The minimum Gasteiger partial charge on any atom is -0.454 e. The van der Waals surface area contributed by atoms with Crippen LogP contribution in [0.2, 0.25) is 0 Å². The molecule has 0 saturated carbocycles. The van der Waals surface area contributed by atoms with Crippen LogP contribution in [0.25, 0.3) is 77.6 Å². The molecule has 63 heavy (non-hydrogen) atoms. The molecule has 13 rings (SSSR count).